The molecule has 32 heavy (non-hydrogen) atoms. The maximum atomic E-state index is 12.7. The predicted octanol–water partition coefficient (Wildman–Crippen LogP) is 4.56. The number of aliphatic imine (C=N–C) groups is 1. The second-order valence-corrected chi connectivity index (χ2v) is 7.65. The number of nitrogens with one attached hydrogen (secondary N) is 1. The van der Waals surface area contributed by atoms with Crippen molar-refractivity contribution in [2.45, 2.75) is 0 Å². The highest BCUT2D eigenvalue weighted by atomic mass is 35.5. The van der Waals surface area contributed by atoms with Crippen molar-refractivity contribution in [1.82, 2.24) is 9.55 Å². The van der Waals surface area contributed by atoms with Gasteiger partial charge in [0.25, 0.3) is 5.56 Å². The van der Waals surface area contributed by atoms with Gasteiger partial charge in [-0.05, 0) is 30.3 Å². The van der Waals surface area contributed by atoms with Gasteiger partial charge in [0, 0.05) is 21.7 Å². The summed E-state index contributed by atoms with van der Waals surface area (Å²) in [4.78, 5) is 32.2. The van der Waals surface area contributed by atoms with Crippen LogP contribution in [0.15, 0.2) is 93.4 Å². The molecule has 4 aromatic rings. The molecular weight excluding hydrogens is 426 g/mol. The molecule has 1 aliphatic heterocycles. The van der Waals surface area contributed by atoms with E-state index in [1.807, 2.05) is 54.6 Å². The number of aromatic amines is 1. The summed E-state index contributed by atoms with van der Waals surface area (Å²) in [6, 6.07) is 23.6. The van der Waals surface area contributed by atoms with Crippen molar-refractivity contribution in [2.75, 3.05) is 0 Å². The molecule has 0 atom stereocenters. The highest BCUT2D eigenvalue weighted by molar-refractivity contribution is 6.39. The molecule has 7 heteroatoms. The van der Waals surface area contributed by atoms with Gasteiger partial charge in [0.2, 0.25) is 5.88 Å². The second-order valence-electron chi connectivity index (χ2n) is 7.21. The van der Waals surface area contributed by atoms with Crippen molar-refractivity contribution in [1.29, 1.82) is 0 Å². The highest BCUT2D eigenvalue weighted by Gasteiger charge is 2.24. The van der Waals surface area contributed by atoms with E-state index in [1.165, 1.54) is 6.07 Å². The number of fused-ring (bicyclic) bond motifs is 1. The second kappa shape index (κ2) is 7.83. The number of hydrogen-bond donors (Lipinski definition) is 2. The number of para-hydroxylation sites is 1. The monoisotopic (exact) mass is 441 g/mol. The van der Waals surface area contributed by atoms with Crippen LogP contribution >= 0.6 is 11.6 Å². The fraction of sp³-hybridized carbons (Fsp3) is 0. The van der Waals surface area contributed by atoms with Gasteiger partial charge in [0.15, 0.2) is 0 Å². The molecule has 1 aromatic heterocycles. The molecule has 0 saturated heterocycles. The van der Waals surface area contributed by atoms with E-state index in [-0.39, 0.29) is 5.56 Å². The summed E-state index contributed by atoms with van der Waals surface area (Å²) in [6.07, 6.45) is 1.56. The molecule has 0 saturated carbocycles. The molecule has 6 nitrogen and oxygen atoms in total. The van der Waals surface area contributed by atoms with Crippen molar-refractivity contribution < 1.29 is 5.11 Å². The van der Waals surface area contributed by atoms with E-state index in [0.29, 0.717) is 22.0 Å². The van der Waals surface area contributed by atoms with Crippen LogP contribution in [-0.2, 0) is 0 Å². The minimum absolute atomic E-state index is 0.0556. The van der Waals surface area contributed by atoms with Crippen LogP contribution in [-0.4, -0.2) is 20.4 Å². The molecule has 0 amide bonds. The quantitative estimate of drug-likeness (QED) is 0.488. The third kappa shape index (κ3) is 3.36. The molecular formula is C25H16ClN3O3. The zero-order chi connectivity index (χ0) is 22.2. The minimum Gasteiger partial charge on any atom is -0.494 e. The fourth-order valence-corrected chi connectivity index (χ4v) is 3.92. The number of H-pyrrole nitrogens is 1. The Morgan fingerprint density at radius 1 is 0.938 bits per heavy atom. The zero-order valence-corrected chi connectivity index (χ0v) is 17.4. The molecule has 2 N–H and O–H groups in total. The molecule has 5 rings (SSSR count). The largest absolute Gasteiger partial charge is 0.494 e. The Balaban J connectivity index is 1.75. The van der Waals surface area contributed by atoms with Crippen LogP contribution in [0.3, 0.4) is 0 Å². The van der Waals surface area contributed by atoms with E-state index in [4.69, 9.17) is 16.6 Å². The van der Waals surface area contributed by atoms with Crippen LogP contribution in [0.25, 0.3) is 17.3 Å². The van der Waals surface area contributed by atoms with E-state index in [9.17, 15) is 14.7 Å². The molecule has 0 fully saturated rings. The van der Waals surface area contributed by atoms with E-state index >= 15 is 0 Å². The third-order valence-corrected chi connectivity index (χ3v) is 5.44. The van der Waals surface area contributed by atoms with Crippen LogP contribution < -0.4 is 11.2 Å². The molecule has 0 spiro atoms. The third-order valence-electron chi connectivity index (χ3n) is 5.20. The first kappa shape index (κ1) is 19.8. The first-order chi connectivity index (χ1) is 15.5. The van der Waals surface area contributed by atoms with Crippen LogP contribution in [0, 0.1) is 0 Å². The zero-order valence-electron chi connectivity index (χ0n) is 16.6. The van der Waals surface area contributed by atoms with Crippen molar-refractivity contribution in [2.24, 2.45) is 4.99 Å². The first-order valence-electron chi connectivity index (χ1n) is 9.83. The lowest BCUT2D eigenvalue weighted by atomic mass is 9.96. The summed E-state index contributed by atoms with van der Waals surface area (Å²) < 4.78 is 1.01. The Labute approximate surface area is 187 Å². The number of hydrogen-bond acceptors (Lipinski definition) is 4. The van der Waals surface area contributed by atoms with E-state index in [0.717, 1.165) is 21.4 Å². The molecule has 1 aliphatic rings. The van der Waals surface area contributed by atoms with Gasteiger partial charge in [0.1, 0.15) is 5.56 Å². The Bertz CT molecular complexity index is 1530. The fourth-order valence-electron chi connectivity index (χ4n) is 3.74. The summed E-state index contributed by atoms with van der Waals surface area (Å²) in [5.74, 6) is -0.481. The Morgan fingerprint density at radius 2 is 1.69 bits per heavy atom. The Hall–Kier alpha value is -4.16. The average Bonchev–Trinajstić information content (AvgIpc) is 3.15. The van der Waals surface area contributed by atoms with Crippen LogP contribution in [0.2, 0.25) is 5.02 Å². The van der Waals surface area contributed by atoms with E-state index in [1.54, 1.807) is 24.3 Å². The summed E-state index contributed by atoms with van der Waals surface area (Å²) >= 11 is 6.05. The minimum atomic E-state index is -0.763. The lowest BCUT2D eigenvalue weighted by Crippen LogP contribution is -2.30. The average molecular weight is 442 g/mol. The molecule has 3 aromatic carbocycles. The number of allylic oxidation sites excluding steroid dienone is 1. The molecule has 0 unspecified atom stereocenters. The maximum Gasteiger partial charge on any atom is 0.335 e. The SMILES string of the molecule is O=c1[nH]c(=O)n(-c2cccc(Cl)c2)c(O)c1/C=C1\C(c2ccccc2)=Nc2ccccc21. The first-order valence-corrected chi connectivity index (χ1v) is 10.2. The van der Waals surface area contributed by atoms with Crippen molar-refractivity contribution >= 4 is 34.6 Å². The number of benzene rings is 3. The van der Waals surface area contributed by atoms with Crippen LogP contribution in [0.5, 0.6) is 5.88 Å². The molecule has 2 heterocycles. The predicted molar refractivity (Wildman–Crippen MR) is 126 cm³/mol. The number of aromatic nitrogens is 2. The molecule has 0 aliphatic carbocycles. The Morgan fingerprint density at radius 3 is 2.47 bits per heavy atom. The summed E-state index contributed by atoms with van der Waals surface area (Å²) in [6.45, 7) is 0. The van der Waals surface area contributed by atoms with Gasteiger partial charge >= 0.3 is 5.69 Å². The van der Waals surface area contributed by atoms with E-state index in [2.05, 4.69) is 4.98 Å². The highest BCUT2D eigenvalue weighted by Crippen LogP contribution is 2.38. The normalized spacial score (nSPS) is 13.8. The smallest absolute Gasteiger partial charge is 0.335 e. The van der Waals surface area contributed by atoms with Crippen molar-refractivity contribution in [3.05, 3.63) is 121 Å². The van der Waals surface area contributed by atoms with E-state index < -0.39 is 17.1 Å². The van der Waals surface area contributed by atoms with Gasteiger partial charge in [-0.3, -0.25) is 9.78 Å². The molecule has 156 valence electrons. The van der Waals surface area contributed by atoms with Crippen molar-refractivity contribution in [3.8, 4) is 11.6 Å². The van der Waals surface area contributed by atoms with Gasteiger partial charge in [-0.2, -0.15) is 0 Å². The van der Waals surface area contributed by atoms with Gasteiger partial charge in [-0.1, -0.05) is 66.2 Å². The van der Waals surface area contributed by atoms with Gasteiger partial charge in [-0.15, -0.1) is 0 Å². The number of halogens is 1. The topological polar surface area (TPSA) is 87.5 Å². The summed E-state index contributed by atoms with van der Waals surface area (Å²) in [5, 5.41) is 11.4. The molecule has 0 bridgehead atoms. The van der Waals surface area contributed by atoms with Crippen molar-refractivity contribution in [3.63, 3.8) is 0 Å². The van der Waals surface area contributed by atoms with Gasteiger partial charge in [0.05, 0.1) is 17.1 Å². The summed E-state index contributed by atoms with van der Waals surface area (Å²) in [7, 11) is 0. The number of rotatable bonds is 3. The lowest BCUT2D eigenvalue weighted by Gasteiger charge is -2.11. The van der Waals surface area contributed by atoms with Gasteiger partial charge in [-0.25, -0.2) is 14.4 Å². The van der Waals surface area contributed by atoms with Crippen LogP contribution in [0.4, 0.5) is 5.69 Å². The standard InChI is InChI=1S/C25H16ClN3O3/c26-16-9-6-10-17(13-16)29-24(31)20(23(30)28-25(29)32)14-19-18-11-4-5-12-21(18)27-22(19)15-7-2-1-3-8-15/h1-14,31H,(H,28,30,32)/b19-14-. The number of aromatic hydroxyl groups is 1. The molecule has 0 radical (unpaired) electrons. The number of nitrogens with zero attached hydrogens (tertiary/aromatic N) is 2. The summed E-state index contributed by atoms with van der Waals surface area (Å²) in [5.41, 5.74) is 2.61. The maximum absolute atomic E-state index is 12.7. The van der Waals surface area contributed by atoms with Crippen LogP contribution in [0.1, 0.15) is 16.7 Å². The van der Waals surface area contributed by atoms with Gasteiger partial charge < -0.3 is 5.11 Å². The Kier molecular flexibility index (Phi) is 4.84. The lowest BCUT2D eigenvalue weighted by molar-refractivity contribution is 0.429.